The molecule has 3 aliphatic heterocycles. The molecule has 5 heterocycles. The van der Waals surface area contributed by atoms with E-state index in [4.69, 9.17) is 4.74 Å². The van der Waals surface area contributed by atoms with Crippen LogP contribution in [0.2, 0.25) is 0 Å². The van der Waals surface area contributed by atoms with Gasteiger partial charge in [-0.15, -0.1) is 0 Å². The van der Waals surface area contributed by atoms with Crippen LogP contribution in [0.15, 0.2) is 24.7 Å². The summed E-state index contributed by atoms with van der Waals surface area (Å²) in [7, 11) is 0. The van der Waals surface area contributed by atoms with Gasteiger partial charge in [0.1, 0.15) is 17.1 Å². The molecule has 1 spiro atoms. The summed E-state index contributed by atoms with van der Waals surface area (Å²) in [5, 5.41) is 6.60. The minimum absolute atomic E-state index is 0.0579. The molecule has 2 amide bonds. The molecule has 9 heteroatoms. The first kappa shape index (κ1) is 18.4. The predicted molar refractivity (Wildman–Crippen MR) is 103 cm³/mol. The van der Waals surface area contributed by atoms with Gasteiger partial charge in [0, 0.05) is 57.6 Å². The van der Waals surface area contributed by atoms with Crippen LogP contribution in [-0.2, 0) is 21.7 Å². The van der Waals surface area contributed by atoms with Crippen molar-refractivity contribution in [3.8, 4) is 0 Å². The zero-order valence-corrected chi connectivity index (χ0v) is 16.4. The Morgan fingerprint density at radius 2 is 1.86 bits per heavy atom. The molecule has 2 fully saturated rings. The minimum Gasteiger partial charge on any atom is -0.352 e. The smallest absolute Gasteiger partial charge is 0.271 e. The van der Waals surface area contributed by atoms with Crippen LogP contribution in [0.4, 0.5) is 0 Å². The van der Waals surface area contributed by atoms with Crippen LogP contribution in [0.3, 0.4) is 0 Å². The number of hydrogen-bond donors (Lipinski definition) is 1. The van der Waals surface area contributed by atoms with Crippen molar-refractivity contribution in [3.05, 3.63) is 36.2 Å². The lowest BCUT2D eigenvalue weighted by Crippen LogP contribution is -2.55. The zero-order valence-electron chi connectivity index (χ0n) is 16.4. The molecule has 9 nitrogen and oxygen atoms in total. The summed E-state index contributed by atoms with van der Waals surface area (Å²) in [6, 6.07) is 1.68. The molecule has 2 aromatic heterocycles. The van der Waals surface area contributed by atoms with Crippen LogP contribution in [0.5, 0.6) is 0 Å². The highest BCUT2D eigenvalue weighted by Gasteiger charge is 2.48. The molecule has 1 atom stereocenters. The number of likely N-dealkylation sites (tertiary alicyclic amines) is 2. The third kappa shape index (κ3) is 3.23. The third-order valence-electron chi connectivity index (χ3n) is 6.39. The van der Waals surface area contributed by atoms with Crippen molar-refractivity contribution in [1.82, 2.24) is 29.5 Å². The number of rotatable bonds is 2. The molecule has 0 saturated carbocycles. The molecule has 1 N–H and O–H groups in total. The Hall–Kier alpha value is -2.68. The summed E-state index contributed by atoms with van der Waals surface area (Å²) >= 11 is 0. The van der Waals surface area contributed by atoms with Crippen molar-refractivity contribution in [3.63, 3.8) is 0 Å². The van der Waals surface area contributed by atoms with Crippen LogP contribution < -0.4 is 0 Å². The van der Waals surface area contributed by atoms with E-state index in [0.29, 0.717) is 38.2 Å². The van der Waals surface area contributed by atoms with Gasteiger partial charge in [-0.3, -0.25) is 14.7 Å². The molecule has 0 aliphatic carbocycles. The second-order valence-corrected chi connectivity index (χ2v) is 8.15. The number of H-pyrrole nitrogens is 1. The Morgan fingerprint density at radius 3 is 2.59 bits per heavy atom. The van der Waals surface area contributed by atoms with Gasteiger partial charge in [-0.2, -0.15) is 5.10 Å². The summed E-state index contributed by atoms with van der Waals surface area (Å²) in [6.45, 7) is 3.23. The van der Waals surface area contributed by atoms with Gasteiger partial charge >= 0.3 is 0 Å². The van der Waals surface area contributed by atoms with E-state index in [1.54, 1.807) is 18.5 Å². The second kappa shape index (κ2) is 7.29. The van der Waals surface area contributed by atoms with Crippen molar-refractivity contribution in [2.24, 2.45) is 0 Å². The Balaban J connectivity index is 1.34. The van der Waals surface area contributed by atoms with E-state index in [1.807, 2.05) is 16.0 Å². The molecule has 2 aromatic rings. The van der Waals surface area contributed by atoms with Crippen LogP contribution in [0.1, 0.15) is 48.4 Å². The number of fused-ring (bicyclic) bond motifs is 2. The molecule has 2 saturated heterocycles. The molecular formula is C20H26N6O3. The van der Waals surface area contributed by atoms with Crippen molar-refractivity contribution in [2.45, 2.75) is 50.4 Å². The van der Waals surface area contributed by atoms with Crippen molar-refractivity contribution < 1.29 is 14.3 Å². The SMILES string of the molecule is O=C(c1ccn[nH]1)N1CCC2(CC1)O[C@@H](C(=O)N1CCCCC1)Cn1ccnc12. The maximum absolute atomic E-state index is 13.1. The lowest BCUT2D eigenvalue weighted by Gasteiger charge is -2.46. The lowest BCUT2D eigenvalue weighted by atomic mass is 9.88. The number of carbonyl (C=O) groups is 2. The molecular weight excluding hydrogens is 372 g/mol. The third-order valence-corrected chi connectivity index (χ3v) is 6.39. The number of ether oxygens (including phenoxy) is 1. The molecule has 0 aromatic carbocycles. The largest absolute Gasteiger partial charge is 0.352 e. The number of amides is 2. The Labute approximate surface area is 169 Å². The van der Waals surface area contributed by atoms with E-state index >= 15 is 0 Å². The topological polar surface area (TPSA) is 96.3 Å². The fourth-order valence-corrected chi connectivity index (χ4v) is 4.80. The Morgan fingerprint density at radius 1 is 1.07 bits per heavy atom. The monoisotopic (exact) mass is 398 g/mol. The van der Waals surface area contributed by atoms with Crippen LogP contribution in [0, 0.1) is 0 Å². The van der Waals surface area contributed by atoms with Gasteiger partial charge in [0.05, 0.1) is 6.54 Å². The average molecular weight is 398 g/mol. The van der Waals surface area contributed by atoms with Gasteiger partial charge in [0.2, 0.25) is 0 Å². The van der Waals surface area contributed by atoms with Gasteiger partial charge in [0.15, 0.2) is 6.10 Å². The Bertz CT molecular complexity index is 878. The quantitative estimate of drug-likeness (QED) is 0.819. The highest BCUT2D eigenvalue weighted by molar-refractivity contribution is 5.92. The maximum Gasteiger partial charge on any atom is 0.271 e. The first-order valence-corrected chi connectivity index (χ1v) is 10.4. The van der Waals surface area contributed by atoms with Crippen molar-refractivity contribution >= 4 is 11.8 Å². The van der Waals surface area contributed by atoms with E-state index in [-0.39, 0.29) is 11.8 Å². The number of nitrogens with one attached hydrogen (secondary N) is 1. The van der Waals surface area contributed by atoms with Crippen LogP contribution in [-0.4, -0.2) is 73.6 Å². The highest BCUT2D eigenvalue weighted by atomic mass is 16.5. The van der Waals surface area contributed by atoms with Gasteiger partial charge in [-0.05, 0) is 25.3 Å². The lowest BCUT2D eigenvalue weighted by molar-refractivity contribution is -0.180. The van der Waals surface area contributed by atoms with E-state index < -0.39 is 11.7 Å². The van der Waals surface area contributed by atoms with E-state index in [2.05, 4.69) is 19.7 Å². The average Bonchev–Trinajstić information content (AvgIpc) is 3.46. The first-order valence-electron chi connectivity index (χ1n) is 10.4. The molecule has 0 radical (unpaired) electrons. The fraction of sp³-hybridized carbons (Fsp3) is 0.600. The fourth-order valence-electron chi connectivity index (χ4n) is 4.80. The van der Waals surface area contributed by atoms with E-state index in [9.17, 15) is 9.59 Å². The summed E-state index contributed by atoms with van der Waals surface area (Å²) in [5.41, 5.74) is -0.131. The van der Waals surface area contributed by atoms with Crippen molar-refractivity contribution in [2.75, 3.05) is 26.2 Å². The van der Waals surface area contributed by atoms with Crippen molar-refractivity contribution in [1.29, 1.82) is 0 Å². The van der Waals surface area contributed by atoms with Gasteiger partial charge in [-0.25, -0.2) is 4.98 Å². The standard InChI is InChI=1S/C20H26N6O3/c27-17(15-4-7-22-23-15)25-11-5-20(6-12-25)19-21-8-13-26(19)14-16(29-20)18(28)24-9-2-1-3-10-24/h4,7-8,13,16H,1-3,5-6,9-12,14H2,(H,22,23)/t16-/m1/s1. The molecule has 3 aliphatic rings. The minimum atomic E-state index is -0.622. The predicted octanol–water partition coefficient (Wildman–Crippen LogP) is 1.15. The maximum atomic E-state index is 13.1. The number of piperidine rings is 2. The molecule has 0 bridgehead atoms. The van der Waals surface area contributed by atoms with Crippen LogP contribution >= 0.6 is 0 Å². The number of imidazole rings is 1. The van der Waals surface area contributed by atoms with Gasteiger partial charge in [-0.1, -0.05) is 0 Å². The van der Waals surface area contributed by atoms with E-state index in [0.717, 1.165) is 31.8 Å². The number of hydrogen-bond acceptors (Lipinski definition) is 5. The van der Waals surface area contributed by atoms with Gasteiger partial charge in [0.25, 0.3) is 11.8 Å². The zero-order chi connectivity index (χ0) is 19.8. The highest BCUT2D eigenvalue weighted by Crippen LogP contribution is 2.40. The first-order chi connectivity index (χ1) is 14.2. The molecule has 29 heavy (non-hydrogen) atoms. The Kier molecular flexibility index (Phi) is 4.61. The van der Waals surface area contributed by atoms with Gasteiger partial charge < -0.3 is 19.1 Å². The summed E-state index contributed by atoms with van der Waals surface area (Å²) in [5.74, 6) is 0.894. The number of nitrogens with zero attached hydrogens (tertiary/aromatic N) is 5. The normalized spacial score (nSPS) is 23.8. The molecule has 0 unspecified atom stereocenters. The summed E-state index contributed by atoms with van der Waals surface area (Å²) in [4.78, 5) is 34.1. The molecule has 5 rings (SSSR count). The van der Waals surface area contributed by atoms with Crippen LogP contribution in [0.25, 0.3) is 0 Å². The number of aromatic amines is 1. The number of carbonyl (C=O) groups excluding carboxylic acids is 2. The summed E-state index contributed by atoms with van der Waals surface area (Å²) < 4.78 is 8.56. The van der Waals surface area contributed by atoms with E-state index in [1.165, 1.54) is 6.42 Å². The molecule has 154 valence electrons. The summed E-state index contributed by atoms with van der Waals surface area (Å²) in [6.07, 6.45) is 9.33. The number of aromatic nitrogens is 4. The second-order valence-electron chi connectivity index (χ2n) is 8.15.